The molecule has 1 amide bonds. The molecule has 0 aliphatic rings. The van der Waals surface area contributed by atoms with Gasteiger partial charge in [0.1, 0.15) is 42.8 Å². The lowest BCUT2D eigenvalue weighted by Crippen LogP contribution is -2.16. The Bertz CT molecular complexity index is 2110. The summed E-state index contributed by atoms with van der Waals surface area (Å²) in [5, 5.41) is 4.74. The molecule has 0 radical (unpaired) electrons. The Labute approximate surface area is 293 Å². The first-order valence-corrected chi connectivity index (χ1v) is 16.6. The van der Waals surface area contributed by atoms with Crippen molar-refractivity contribution in [3.63, 3.8) is 0 Å². The van der Waals surface area contributed by atoms with Gasteiger partial charge in [-0.2, -0.15) is 0 Å². The fourth-order valence-corrected chi connectivity index (χ4v) is 6.02. The second-order valence-corrected chi connectivity index (χ2v) is 12.2. The molecule has 0 aliphatic carbocycles. The fraction of sp³-hybridized carbons (Fsp3) is 0.159. The van der Waals surface area contributed by atoms with Crippen molar-refractivity contribution in [2.75, 3.05) is 7.11 Å². The third-order valence-electron chi connectivity index (χ3n) is 8.25. The Morgan fingerprint density at radius 2 is 1.20 bits per heavy atom. The highest BCUT2D eigenvalue weighted by molar-refractivity contribution is 6.06. The molecule has 1 N–H and O–H groups in total. The number of hydrogen-bond donors (Lipinski definition) is 1. The van der Waals surface area contributed by atoms with E-state index in [0.29, 0.717) is 48.5 Å². The van der Waals surface area contributed by atoms with Crippen LogP contribution in [-0.4, -0.2) is 13.0 Å². The lowest BCUT2D eigenvalue weighted by Gasteiger charge is -2.21. The van der Waals surface area contributed by atoms with Crippen LogP contribution in [0.2, 0.25) is 0 Å². The topological polar surface area (TPSA) is 66.0 Å². The lowest BCUT2D eigenvalue weighted by atomic mass is 9.91. The van der Waals surface area contributed by atoms with Crippen molar-refractivity contribution in [1.29, 1.82) is 0 Å². The number of benzene rings is 6. The number of methoxy groups -OCH3 is 1. The summed E-state index contributed by atoms with van der Waals surface area (Å²) in [5.74, 6) is 2.56. The molecule has 0 atom stereocenters. The van der Waals surface area contributed by atoms with Gasteiger partial charge in [-0.25, -0.2) is 0 Å². The minimum absolute atomic E-state index is 0.150. The molecule has 6 nitrogen and oxygen atoms in total. The highest BCUT2D eigenvalue weighted by Gasteiger charge is 2.21. The Balaban J connectivity index is 1.55. The standard InChI is InChI=1S/C44H41NO5/c1-30-22-39-38(20-21-40(44(39)41(23-30)47-4)49-28-34-16-10-6-11-17-34)43-36(24-31(2)45-32(3)46)25-37(48-27-33-14-8-5-9-15-33)26-42(43)50-29-35-18-12-7-13-19-35/h5-26H,27-29H2,1-4H3,(H,45,46)/b31-24+. The Hall–Kier alpha value is -6.01. The van der Waals surface area contributed by atoms with Gasteiger partial charge in [0, 0.05) is 24.3 Å². The molecule has 6 aromatic rings. The van der Waals surface area contributed by atoms with Gasteiger partial charge in [-0.1, -0.05) is 97.1 Å². The molecule has 0 unspecified atom stereocenters. The fourth-order valence-electron chi connectivity index (χ4n) is 6.02. The number of allylic oxidation sites excluding steroid dienone is 1. The van der Waals surface area contributed by atoms with Crippen LogP contribution in [-0.2, 0) is 24.6 Å². The summed E-state index contributed by atoms with van der Waals surface area (Å²) in [4.78, 5) is 12.1. The van der Waals surface area contributed by atoms with Crippen LogP contribution in [0.25, 0.3) is 28.0 Å². The number of hydrogen-bond acceptors (Lipinski definition) is 5. The summed E-state index contributed by atoms with van der Waals surface area (Å²) >= 11 is 0. The number of carbonyl (C=O) groups excluding carboxylic acids is 1. The third kappa shape index (κ3) is 8.34. The average molecular weight is 664 g/mol. The van der Waals surface area contributed by atoms with Gasteiger partial charge in [0.05, 0.1) is 12.5 Å². The number of rotatable bonds is 13. The van der Waals surface area contributed by atoms with Crippen LogP contribution in [0.3, 0.4) is 0 Å². The van der Waals surface area contributed by atoms with E-state index in [9.17, 15) is 4.79 Å². The van der Waals surface area contributed by atoms with Crippen LogP contribution >= 0.6 is 0 Å². The van der Waals surface area contributed by atoms with E-state index in [4.69, 9.17) is 18.9 Å². The number of aryl methyl sites for hydroxylation is 1. The van der Waals surface area contributed by atoms with E-state index in [1.807, 2.05) is 128 Å². The normalized spacial score (nSPS) is 11.2. The first-order valence-electron chi connectivity index (χ1n) is 16.6. The van der Waals surface area contributed by atoms with E-state index >= 15 is 0 Å². The summed E-state index contributed by atoms with van der Waals surface area (Å²) in [5.41, 5.74) is 7.48. The monoisotopic (exact) mass is 663 g/mol. The van der Waals surface area contributed by atoms with Crippen LogP contribution in [0.15, 0.2) is 133 Å². The van der Waals surface area contributed by atoms with Crippen molar-refractivity contribution < 1.29 is 23.7 Å². The largest absolute Gasteiger partial charge is 0.496 e. The van der Waals surface area contributed by atoms with E-state index in [1.165, 1.54) is 6.92 Å². The van der Waals surface area contributed by atoms with Gasteiger partial charge in [0.2, 0.25) is 5.91 Å². The summed E-state index contributed by atoms with van der Waals surface area (Å²) in [6.07, 6.45) is 1.96. The molecule has 0 heterocycles. The molecular formula is C44H41NO5. The molecule has 6 aromatic carbocycles. The molecule has 252 valence electrons. The summed E-state index contributed by atoms with van der Waals surface area (Å²) in [7, 11) is 1.68. The molecule has 50 heavy (non-hydrogen) atoms. The molecule has 0 aliphatic heterocycles. The van der Waals surface area contributed by atoms with E-state index in [1.54, 1.807) is 7.11 Å². The zero-order chi connectivity index (χ0) is 34.9. The van der Waals surface area contributed by atoms with Crippen LogP contribution in [0, 0.1) is 6.92 Å². The second kappa shape index (κ2) is 15.9. The molecule has 0 saturated heterocycles. The van der Waals surface area contributed by atoms with Gasteiger partial charge in [-0.15, -0.1) is 0 Å². The molecule has 0 saturated carbocycles. The maximum absolute atomic E-state index is 12.1. The summed E-state index contributed by atoms with van der Waals surface area (Å²) in [6.45, 7) is 6.58. The predicted octanol–water partition coefficient (Wildman–Crippen LogP) is 10.1. The maximum Gasteiger partial charge on any atom is 0.220 e. The SMILES string of the molecule is COc1cc(C)cc2c(-c3c(/C=C(\C)NC(C)=O)cc(OCc4ccccc4)cc3OCc3ccccc3)ccc(OCc3ccccc3)c12. The molecule has 0 fully saturated rings. The van der Waals surface area contributed by atoms with Crippen molar-refractivity contribution in [3.05, 3.63) is 161 Å². The van der Waals surface area contributed by atoms with Gasteiger partial charge in [0.25, 0.3) is 0 Å². The maximum atomic E-state index is 12.1. The van der Waals surface area contributed by atoms with Gasteiger partial charge in [-0.3, -0.25) is 4.79 Å². The number of amides is 1. The molecule has 0 bridgehead atoms. The van der Waals surface area contributed by atoms with Crippen molar-refractivity contribution in [1.82, 2.24) is 5.32 Å². The summed E-state index contributed by atoms with van der Waals surface area (Å²) in [6, 6.07) is 42.4. The zero-order valence-corrected chi connectivity index (χ0v) is 28.9. The van der Waals surface area contributed by atoms with Crippen LogP contribution in [0.1, 0.15) is 41.7 Å². The van der Waals surface area contributed by atoms with E-state index in [0.717, 1.165) is 49.7 Å². The third-order valence-corrected chi connectivity index (χ3v) is 8.25. The van der Waals surface area contributed by atoms with Crippen LogP contribution in [0.5, 0.6) is 23.0 Å². The number of fused-ring (bicyclic) bond motifs is 1. The van der Waals surface area contributed by atoms with E-state index < -0.39 is 0 Å². The Morgan fingerprint density at radius 3 is 1.76 bits per heavy atom. The van der Waals surface area contributed by atoms with Crippen molar-refractivity contribution in [2.24, 2.45) is 0 Å². The number of nitrogens with one attached hydrogen (secondary N) is 1. The van der Waals surface area contributed by atoms with Crippen molar-refractivity contribution >= 4 is 22.8 Å². The minimum atomic E-state index is -0.150. The minimum Gasteiger partial charge on any atom is -0.496 e. The molecular weight excluding hydrogens is 622 g/mol. The van der Waals surface area contributed by atoms with Gasteiger partial charge in [-0.05, 0) is 83.0 Å². The first-order chi connectivity index (χ1) is 24.4. The first kappa shape index (κ1) is 33.9. The van der Waals surface area contributed by atoms with Gasteiger partial charge < -0.3 is 24.3 Å². The smallest absolute Gasteiger partial charge is 0.220 e. The van der Waals surface area contributed by atoms with E-state index in [2.05, 4.69) is 24.4 Å². The molecule has 6 rings (SSSR count). The Morgan fingerprint density at radius 1 is 0.640 bits per heavy atom. The Kier molecular flexibility index (Phi) is 10.8. The predicted molar refractivity (Wildman–Crippen MR) is 200 cm³/mol. The molecule has 0 spiro atoms. The molecule has 0 aromatic heterocycles. The van der Waals surface area contributed by atoms with Gasteiger partial charge in [0.15, 0.2) is 0 Å². The number of ether oxygens (including phenoxy) is 4. The lowest BCUT2D eigenvalue weighted by molar-refractivity contribution is -0.118. The summed E-state index contributed by atoms with van der Waals surface area (Å²) < 4.78 is 25.5. The van der Waals surface area contributed by atoms with Gasteiger partial charge >= 0.3 is 0 Å². The zero-order valence-electron chi connectivity index (χ0n) is 28.9. The van der Waals surface area contributed by atoms with Crippen LogP contribution < -0.4 is 24.3 Å². The van der Waals surface area contributed by atoms with Crippen molar-refractivity contribution in [3.8, 4) is 34.1 Å². The highest BCUT2D eigenvalue weighted by atomic mass is 16.5. The highest BCUT2D eigenvalue weighted by Crippen LogP contribution is 2.46. The van der Waals surface area contributed by atoms with E-state index in [-0.39, 0.29) is 5.91 Å². The van der Waals surface area contributed by atoms with Crippen LogP contribution in [0.4, 0.5) is 0 Å². The van der Waals surface area contributed by atoms with Crippen molar-refractivity contribution in [2.45, 2.75) is 40.6 Å². The second-order valence-electron chi connectivity index (χ2n) is 12.2. The number of carbonyl (C=O) groups is 1. The quantitative estimate of drug-likeness (QED) is 0.133. The average Bonchev–Trinajstić information content (AvgIpc) is 3.12. The molecule has 6 heteroatoms.